The summed E-state index contributed by atoms with van der Waals surface area (Å²) in [7, 11) is -3.37. The van der Waals surface area contributed by atoms with Gasteiger partial charge in [0.2, 0.25) is 0 Å². The van der Waals surface area contributed by atoms with Gasteiger partial charge in [0.1, 0.15) is 6.10 Å². The lowest BCUT2D eigenvalue weighted by Crippen LogP contribution is -2.52. The van der Waals surface area contributed by atoms with E-state index in [1.54, 1.807) is 11.3 Å². The molecule has 19 heavy (non-hydrogen) atoms. The van der Waals surface area contributed by atoms with E-state index in [9.17, 15) is 8.42 Å². The fourth-order valence-corrected chi connectivity index (χ4v) is 4.08. The topological polar surface area (TPSA) is 59.5 Å². The number of thiazole rings is 1. The minimum Gasteiger partial charge on any atom is -0.343 e. The zero-order valence-corrected chi connectivity index (χ0v) is 13.3. The molecule has 5 nitrogen and oxygen atoms in total. The van der Waals surface area contributed by atoms with Crippen LogP contribution in [0.3, 0.4) is 0 Å². The zero-order chi connectivity index (χ0) is 13.6. The zero-order valence-electron chi connectivity index (χ0n) is 10.0. The van der Waals surface area contributed by atoms with Crippen molar-refractivity contribution in [3.05, 3.63) is 22.7 Å². The van der Waals surface area contributed by atoms with E-state index >= 15 is 0 Å². The van der Waals surface area contributed by atoms with Crippen LogP contribution in [0.5, 0.6) is 0 Å². The van der Waals surface area contributed by atoms with Crippen molar-refractivity contribution in [1.29, 1.82) is 0 Å². The minimum absolute atomic E-state index is 0.256. The highest BCUT2D eigenvalue weighted by Crippen LogP contribution is 2.33. The Kier molecular flexibility index (Phi) is 3.28. The third kappa shape index (κ3) is 2.91. The molecule has 1 saturated heterocycles. The van der Waals surface area contributed by atoms with Crippen LogP contribution in [0.4, 0.5) is 5.13 Å². The van der Waals surface area contributed by atoms with E-state index in [2.05, 4.69) is 20.9 Å². The van der Waals surface area contributed by atoms with E-state index in [0.717, 1.165) is 26.1 Å². The molecule has 1 fully saturated rings. The molecule has 8 heteroatoms. The van der Waals surface area contributed by atoms with Crippen molar-refractivity contribution >= 4 is 52.7 Å². The molecule has 0 aliphatic carbocycles. The van der Waals surface area contributed by atoms with Gasteiger partial charge in [-0.2, -0.15) is 8.42 Å². The van der Waals surface area contributed by atoms with Crippen molar-refractivity contribution in [3.63, 3.8) is 0 Å². The first-order chi connectivity index (χ1) is 8.90. The molecular formula is C11H11BrN2O3S2. The highest BCUT2D eigenvalue weighted by atomic mass is 79.9. The molecule has 102 valence electrons. The maximum absolute atomic E-state index is 11.0. The SMILES string of the molecule is CS(=O)(=O)OC1CN(c2nc3ccc(Br)cc3s2)C1. The number of aromatic nitrogens is 1. The highest BCUT2D eigenvalue weighted by Gasteiger charge is 2.32. The second kappa shape index (κ2) is 4.69. The Morgan fingerprint density at radius 2 is 2.21 bits per heavy atom. The Balaban J connectivity index is 1.73. The number of fused-ring (bicyclic) bond motifs is 1. The summed E-state index contributed by atoms with van der Waals surface area (Å²) in [5.74, 6) is 0. The summed E-state index contributed by atoms with van der Waals surface area (Å²) in [5, 5.41) is 0.904. The number of benzene rings is 1. The summed E-state index contributed by atoms with van der Waals surface area (Å²) in [6.45, 7) is 1.13. The van der Waals surface area contributed by atoms with Crippen LogP contribution in [0, 0.1) is 0 Å². The average molecular weight is 363 g/mol. The van der Waals surface area contributed by atoms with Gasteiger partial charge in [-0.3, -0.25) is 4.18 Å². The van der Waals surface area contributed by atoms with Crippen LogP contribution < -0.4 is 4.90 Å². The third-order valence-electron chi connectivity index (χ3n) is 2.77. The smallest absolute Gasteiger partial charge is 0.264 e. The van der Waals surface area contributed by atoms with Crippen molar-refractivity contribution in [2.45, 2.75) is 6.10 Å². The van der Waals surface area contributed by atoms with E-state index < -0.39 is 10.1 Å². The van der Waals surface area contributed by atoms with Gasteiger partial charge in [-0.1, -0.05) is 27.3 Å². The van der Waals surface area contributed by atoms with E-state index in [1.807, 2.05) is 23.1 Å². The second-order valence-electron chi connectivity index (χ2n) is 4.44. The summed E-state index contributed by atoms with van der Waals surface area (Å²) in [4.78, 5) is 6.55. The molecule has 1 aromatic heterocycles. The summed E-state index contributed by atoms with van der Waals surface area (Å²) in [5.41, 5.74) is 0.954. The summed E-state index contributed by atoms with van der Waals surface area (Å²) in [6, 6.07) is 5.95. The van der Waals surface area contributed by atoms with Crippen LogP contribution in [-0.4, -0.2) is 38.9 Å². The third-order valence-corrected chi connectivity index (χ3v) is 4.96. The average Bonchev–Trinajstić information content (AvgIpc) is 2.63. The maximum Gasteiger partial charge on any atom is 0.264 e. The molecule has 0 N–H and O–H groups in total. The van der Waals surface area contributed by atoms with E-state index in [1.165, 1.54) is 0 Å². The van der Waals surface area contributed by atoms with Crippen LogP contribution >= 0.6 is 27.3 Å². The number of hydrogen-bond donors (Lipinski definition) is 0. The molecule has 0 radical (unpaired) electrons. The molecule has 0 unspecified atom stereocenters. The van der Waals surface area contributed by atoms with Crippen molar-refractivity contribution < 1.29 is 12.6 Å². The monoisotopic (exact) mass is 362 g/mol. The van der Waals surface area contributed by atoms with Crippen LogP contribution in [-0.2, 0) is 14.3 Å². The molecule has 0 amide bonds. The molecule has 0 atom stereocenters. The second-order valence-corrected chi connectivity index (χ2v) is 7.96. The molecule has 2 aromatic rings. The summed E-state index contributed by atoms with van der Waals surface area (Å²) >= 11 is 5.03. The molecular weight excluding hydrogens is 352 g/mol. The number of anilines is 1. The predicted octanol–water partition coefficient (Wildman–Crippen LogP) is 2.22. The molecule has 0 saturated carbocycles. The Hall–Kier alpha value is -0.700. The van der Waals surface area contributed by atoms with Gasteiger partial charge < -0.3 is 4.90 Å². The van der Waals surface area contributed by atoms with Gasteiger partial charge in [0.25, 0.3) is 10.1 Å². The van der Waals surface area contributed by atoms with Gasteiger partial charge in [0, 0.05) is 17.6 Å². The Morgan fingerprint density at radius 3 is 2.89 bits per heavy atom. The van der Waals surface area contributed by atoms with Crippen LogP contribution in [0.25, 0.3) is 10.2 Å². The van der Waals surface area contributed by atoms with E-state index in [-0.39, 0.29) is 6.10 Å². The lowest BCUT2D eigenvalue weighted by molar-refractivity contribution is 0.177. The molecule has 0 bridgehead atoms. The van der Waals surface area contributed by atoms with Crippen molar-refractivity contribution in [2.75, 3.05) is 24.2 Å². The molecule has 1 aliphatic rings. The van der Waals surface area contributed by atoms with Gasteiger partial charge in [0.05, 0.1) is 16.5 Å². The van der Waals surface area contributed by atoms with Crippen molar-refractivity contribution in [3.8, 4) is 0 Å². The number of nitrogens with zero attached hydrogens (tertiary/aromatic N) is 2. The highest BCUT2D eigenvalue weighted by molar-refractivity contribution is 9.10. The van der Waals surface area contributed by atoms with E-state index in [0.29, 0.717) is 13.1 Å². The number of hydrogen-bond acceptors (Lipinski definition) is 6. The van der Waals surface area contributed by atoms with Crippen LogP contribution in [0.1, 0.15) is 0 Å². The first-order valence-electron chi connectivity index (χ1n) is 5.60. The summed E-state index contributed by atoms with van der Waals surface area (Å²) in [6.07, 6.45) is 0.818. The molecule has 2 heterocycles. The fraction of sp³-hybridized carbons (Fsp3) is 0.364. The van der Waals surface area contributed by atoms with Crippen molar-refractivity contribution in [2.24, 2.45) is 0 Å². The van der Waals surface area contributed by atoms with E-state index in [4.69, 9.17) is 4.18 Å². The Morgan fingerprint density at radius 1 is 1.47 bits per heavy atom. The first kappa shape index (κ1) is 13.3. The maximum atomic E-state index is 11.0. The first-order valence-corrected chi connectivity index (χ1v) is 9.02. The summed E-state index contributed by atoms with van der Waals surface area (Å²) < 4.78 is 29.0. The standard InChI is InChI=1S/C11H11BrN2O3S2/c1-19(15,16)17-8-5-14(6-8)11-13-9-3-2-7(12)4-10(9)18-11/h2-4,8H,5-6H2,1H3. The number of halogens is 1. The van der Waals surface area contributed by atoms with Crippen LogP contribution in [0.2, 0.25) is 0 Å². The molecule has 0 spiro atoms. The lowest BCUT2D eigenvalue weighted by Gasteiger charge is -2.37. The van der Waals surface area contributed by atoms with Gasteiger partial charge in [-0.25, -0.2) is 4.98 Å². The van der Waals surface area contributed by atoms with Gasteiger partial charge in [0.15, 0.2) is 5.13 Å². The molecule has 1 aromatic carbocycles. The Bertz CT molecular complexity index is 723. The molecule has 1 aliphatic heterocycles. The van der Waals surface area contributed by atoms with Gasteiger partial charge in [-0.15, -0.1) is 0 Å². The quantitative estimate of drug-likeness (QED) is 0.783. The van der Waals surface area contributed by atoms with Crippen LogP contribution in [0.15, 0.2) is 22.7 Å². The normalized spacial score (nSPS) is 16.8. The van der Waals surface area contributed by atoms with Gasteiger partial charge >= 0.3 is 0 Å². The lowest BCUT2D eigenvalue weighted by atomic mass is 10.2. The Labute approximate surface area is 123 Å². The molecule has 3 rings (SSSR count). The van der Waals surface area contributed by atoms with Gasteiger partial charge in [-0.05, 0) is 18.2 Å². The minimum atomic E-state index is -3.37. The fourth-order valence-electron chi connectivity index (χ4n) is 1.92. The largest absolute Gasteiger partial charge is 0.343 e. The predicted molar refractivity (Wildman–Crippen MR) is 79.2 cm³/mol. The number of rotatable bonds is 3. The van der Waals surface area contributed by atoms with Crippen molar-refractivity contribution in [1.82, 2.24) is 4.98 Å².